The molecule has 0 spiro atoms. The van der Waals surface area contributed by atoms with Crippen molar-refractivity contribution < 1.29 is 14.3 Å². The van der Waals surface area contributed by atoms with E-state index in [-0.39, 0.29) is 16.5 Å². The van der Waals surface area contributed by atoms with Crippen molar-refractivity contribution in [2.75, 3.05) is 26.0 Å². The normalized spacial score (nSPS) is 20.6. The molecule has 0 aromatic carbocycles. The van der Waals surface area contributed by atoms with Gasteiger partial charge < -0.3 is 15.4 Å². The van der Waals surface area contributed by atoms with Crippen LogP contribution in [-0.4, -0.2) is 57.7 Å². The summed E-state index contributed by atoms with van der Waals surface area (Å²) in [6, 6.07) is -0.193. The molecule has 22 heavy (non-hydrogen) atoms. The van der Waals surface area contributed by atoms with E-state index in [0.717, 1.165) is 12.2 Å². The van der Waals surface area contributed by atoms with Gasteiger partial charge in [-0.2, -0.15) is 11.8 Å². The summed E-state index contributed by atoms with van der Waals surface area (Å²) in [5, 5.41) is 13.1. The molecule has 2 heterocycles. The van der Waals surface area contributed by atoms with Crippen LogP contribution >= 0.6 is 11.8 Å². The summed E-state index contributed by atoms with van der Waals surface area (Å²) in [4.78, 5) is 23.0. The third-order valence-electron chi connectivity index (χ3n) is 3.48. The third-order valence-corrected chi connectivity index (χ3v) is 5.02. The smallest absolute Gasteiger partial charge is 0.360 e. The second-order valence-corrected chi connectivity index (χ2v) is 7.05. The summed E-state index contributed by atoms with van der Waals surface area (Å²) in [6.07, 6.45) is 3.83. The van der Waals surface area contributed by atoms with Crippen molar-refractivity contribution in [1.82, 2.24) is 25.6 Å². The Morgan fingerprint density at radius 3 is 3.00 bits per heavy atom. The van der Waals surface area contributed by atoms with Crippen LogP contribution in [0, 0.1) is 0 Å². The molecule has 2 rings (SSSR count). The number of amides is 2. The van der Waals surface area contributed by atoms with Crippen molar-refractivity contribution in [3.63, 3.8) is 0 Å². The van der Waals surface area contributed by atoms with Gasteiger partial charge in [0.1, 0.15) is 0 Å². The molecule has 1 atom stereocenters. The van der Waals surface area contributed by atoms with E-state index < -0.39 is 5.97 Å². The van der Waals surface area contributed by atoms with E-state index in [9.17, 15) is 9.59 Å². The number of urea groups is 1. The average molecular weight is 327 g/mol. The van der Waals surface area contributed by atoms with E-state index in [1.807, 2.05) is 11.8 Å². The number of rotatable bonds is 6. The molecule has 2 amide bonds. The predicted molar refractivity (Wildman–Crippen MR) is 82.9 cm³/mol. The fourth-order valence-electron chi connectivity index (χ4n) is 2.20. The summed E-state index contributed by atoms with van der Waals surface area (Å²) < 4.78 is 6.18. The number of nitrogens with one attached hydrogen (secondary N) is 2. The second-order valence-electron chi connectivity index (χ2n) is 5.37. The second kappa shape index (κ2) is 7.48. The zero-order valence-corrected chi connectivity index (χ0v) is 13.6. The summed E-state index contributed by atoms with van der Waals surface area (Å²) in [5.41, 5.74) is 0.151. The molecule has 0 aliphatic carbocycles. The lowest BCUT2D eigenvalue weighted by Crippen LogP contribution is -2.43. The Bertz CT molecular complexity index is 528. The van der Waals surface area contributed by atoms with Gasteiger partial charge in [-0.1, -0.05) is 5.21 Å². The first kappa shape index (κ1) is 16.6. The molecular formula is C13H21N5O3S. The first-order valence-corrected chi connectivity index (χ1v) is 8.15. The number of esters is 1. The number of hydrogen-bond acceptors (Lipinski definition) is 6. The van der Waals surface area contributed by atoms with Crippen LogP contribution in [0.1, 0.15) is 30.3 Å². The Morgan fingerprint density at radius 2 is 2.32 bits per heavy atom. The first-order chi connectivity index (χ1) is 10.5. The van der Waals surface area contributed by atoms with Gasteiger partial charge in [0.25, 0.3) is 0 Å². The molecule has 0 bridgehead atoms. The number of carbonyl (C=O) groups is 2. The van der Waals surface area contributed by atoms with Gasteiger partial charge in [-0.15, -0.1) is 5.10 Å². The zero-order valence-electron chi connectivity index (χ0n) is 12.8. The van der Waals surface area contributed by atoms with Gasteiger partial charge in [0.15, 0.2) is 5.69 Å². The minimum atomic E-state index is -0.528. The number of carbonyl (C=O) groups excluding carboxylic acids is 2. The molecule has 1 saturated heterocycles. The summed E-state index contributed by atoms with van der Waals surface area (Å²) in [5.74, 6) is 0.633. The van der Waals surface area contributed by atoms with Crippen LogP contribution in [0.4, 0.5) is 4.79 Å². The van der Waals surface area contributed by atoms with Crippen molar-refractivity contribution in [1.29, 1.82) is 0 Å². The number of ether oxygens (including phenoxy) is 1. The summed E-state index contributed by atoms with van der Waals surface area (Å²) in [6.45, 7) is 3.68. The Hall–Kier alpha value is -1.77. The van der Waals surface area contributed by atoms with Gasteiger partial charge in [-0.25, -0.2) is 14.3 Å². The van der Waals surface area contributed by atoms with E-state index >= 15 is 0 Å². The summed E-state index contributed by atoms with van der Waals surface area (Å²) >= 11 is 1.91. The van der Waals surface area contributed by atoms with E-state index in [4.69, 9.17) is 0 Å². The van der Waals surface area contributed by atoms with Gasteiger partial charge in [0, 0.05) is 17.8 Å². The highest BCUT2D eigenvalue weighted by atomic mass is 32.2. The topological polar surface area (TPSA) is 98.1 Å². The molecule has 122 valence electrons. The average Bonchev–Trinajstić information content (AvgIpc) is 3.14. The van der Waals surface area contributed by atoms with E-state index in [1.54, 1.807) is 0 Å². The van der Waals surface area contributed by atoms with Gasteiger partial charge in [-0.05, 0) is 25.5 Å². The molecule has 1 aromatic rings. The van der Waals surface area contributed by atoms with Crippen LogP contribution in [0.5, 0.6) is 0 Å². The Labute approximate surface area is 133 Å². The van der Waals surface area contributed by atoms with Gasteiger partial charge in [-0.3, -0.25) is 0 Å². The van der Waals surface area contributed by atoms with Crippen LogP contribution in [0.2, 0.25) is 0 Å². The molecular weight excluding hydrogens is 306 g/mol. The van der Waals surface area contributed by atoms with Gasteiger partial charge in [0.2, 0.25) is 0 Å². The lowest BCUT2D eigenvalue weighted by atomic mass is 10.1. The zero-order chi connectivity index (χ0) is 16.0. The molecule has 2 N–H and O–H groups in total. The largest absolute Gasteiger partial charge is 0.464 e. The number of hydrogen-bond donors (Lipinski definition) is 2. The molecule has 1 aliphatic rings. The third kappa shape index (κ3) is 4.62. The molecule has 1 fully saturated rings. The molecule has 1 aliphatic heterocycles. The Kier molecular flexibility index (Phi) is 5.64. The highest BCUT2D eigenvalue weighted by Gasteiger charge is 2.29. The molecule has 9 heteroatoms. The maximum atomic E-state index is 11.7. The van der Waals surface area contributed by atoms with Crippen LogP contribution in [0.25, 0.3) is 0 Å². The monoisotopic (exact) mass is 327 g/mol. The maximum Gasteiger partial charge on any atom is 0.360 e. The lowest BCUT2D eigenvalue weighted by molar-refractivity contribution is 0.0594. The fourth-order valence-corrected chi connectivity index (χ4v) is 3.44. The van der Waals surface area contributed by atoms with E-state index in [0.29, 0.717) is 19.6 Å². The highest BCUT2D eigenvalue weighted by molar-refractivity contribution is 8.00. The Balaban J connectivity index is 1.66. The fraction of sp³-hybridized carbons (Fsp3) is 0.692. The molecule has 8 nitrogen and oxygen atoms in total. The SMILES string of the molecule is COC(=O)c1cn(CCNC(=O)NC[C@]2(C)CCCS2)nn1. The van der Waals surface area contributed by atoms with Crippen LogP contribution in [-0.2, 0) is 11.3 Å². The highest BCUT2D eigenvalue weighted by Crippen LogP contribution is 2.36. The van der Waals surface area contributed by atoms with Gasteiger partial charge in [0.05, 0.1) is 19.9 Å². The quantitative estimate of drug-likeness (QED) is 0.745. The number of aromatic nitrogens is 3. The van der Waals surface area contributed by atoms with Crippen LogP contribution in [0.3, 0.4) is 0 Å². The molecule has 0 unspecified atom stereocenters. The van der Waals surface area contributed by atoms with Crippen molar-refractivity contribution in [2.45, 2.75) is 31.1 Å². The Morgan fingerprint density at radius 1 is 1.50 bits per heavy atom. The number of nitrogens with zero attached hydrogens (tertiary/aromatic N) is 3. The minimum absolute atomic E-state index is 0.151. The van der Waals surface area contributed by atoms with Crippen molar-refractivity contribution in [3.05, 3.63) is 11.9 Å². The molecule has 0 radical (unpaired) electrons. The minimum Gasteiger partial charge on any atom is -0.464 e. The first-order valence-electron chi connectivity index (χ1n) is 7.16. The standard InChI is InChI=1S/C13H21N5O3S/c1-13(4-3-7-22-13)9-15-12(20)14-5-6-18-8-10(16-17-18)11(19)21-2/h8H,3-7,9H2,1-2H3,(H2,14,15,20)/t13-/m0/s1. The van der Waals surface area contributed by atoms with Crippen LogP contribution < -0.4 is 10.6 Å². The van der Waals surface area contributed by atoms with Crippen LogP contribution in [0.15, 0.2) is 6.20 Å². The van der Waals surface area contributed by atoms with E-state index in [1.165, 1.54) is 24.4 Å². The van der Waals surface area contributed by atoms with Crippen molar-refractivity contribution >= 4 is 23.8 Å². The van der Waals surface area contributed by atoms with Crippen molar-refractivity contribution in [2.24, 2.45) is 0 Å². The number of methoxy groups -OCH3 is 1. The predicted octanol–water partition coefficient (Wildman–Crippen LogP) is 0.650. The van der Waals surface area contributed by atoms with Crippen molar-refractivity contribution in [3.8, 4) is 0 Å². The molecule has 0 saturated carbocycles. The summed E-state index contributed by atoms with van der Waals surface area (Å²) in [7, 11) is 1.29. The van der Waals surface area contributed by atoms with E-state index in [2.05, 4.69) is 32.6 Å². The maximum absolute atomic E-state index is 11.7. The lowest BCUT2D eigenvalue weighted by Gasteiger charge is -2.22. The number of thioether (sulfide) groups is 1. The van der Waals surface area contributed by atoms with Gasteiger partial charge >= 0.3 is 12.0 Å². The molecule has 1 aromatic heterocycles.